The zero-order chi connectivity index (χ0) is 15.4. The van der Waals surface area contributed by atoms with Gasteiger partial charge in [-0.05, 0) is 49.7 Å². The van der Waals surface area contributed by atoms with Gasteiger partial charge in [0.05, 0.1) is 0 Å². The number of benzene rings is 1. The van der Waals surface area contributed by atoms with Gasteiger partial charge in [-0.2, -0.15) is 0 Å². The molecule has 0 saturated carbocycles. The fraction of sp³-hybridized carbons (Fsp3) is 0.412. The molecule has 0 unspecified atom stereocenters. The van der Waals surface area contributed by atoms with Crippen molar-refractivity contribution >= 4 is 17.4 Å². The first-order valence-electron chi connectivity index (χ1n) is 7.68. The highest BCUT2D eigenvalue weighted by Crippen LogP contribution is 2.16. The average Bonchev–Trinajstić information content (AvgIpc) is 2.91. The average molecular weight is 317 g/mol. The lowest BCUT2D eigenvalue weighted by atomic mass is 10.1. The van der Waals surface area contributed by atoms with Crippen molar-refractivity contribution in [2.24, 2.45) is 5.92 Å². The fourth-order valence-corrected chi connectivity index (χ4v) is 3.07. The fourth-order valence-electron chi connectivity index (χ4n) is 2.85. The summed E-state index contributed by atoms with van der Waals surface area (Å²) >= 11 is 6.02. The third-order valence-electron chi connectivity index (χ3n) is 4.02. The van der Waals surface area contributed by atoms with Crippen molar-refractivity contribution in [1.29, 1.82) is 0 Å². The van der Waals surface area contributed by atoms with Gasteiger partial charge in [0.1, 0.15) is 11.6 Å². The van der Waals surface area contributed by atoms with Gasteiger partial charge in [-0.25, -0.2) is 9.97 Å². The van der Waals surface area contributed by atoms with Gasteiger partial charge in [-0.1, -0.05) is 23.7 Å². The molecule has 22 heavy (non-hydrogen) atoms. The van der Waals surface area contributed by atoms with Gasteiger partial charge < -0.3 is 10.2 Å². The lowest BCUT2D eigenvalue weighted by Crippen LogP contribution is -2.19. The minimum Gasteiger partial charge on any atom is -0.370 e. The number of hydrogen-bond donors (Lipinski definition) is 1. The summed E-state index contributed by atoms with van der Waals surface area (Å²) in [6.07, 6.45) is 3.77. The van der Waals surface area contributed by atoms with E-state index in [1.807, 2.05) is 36.5 Å². The van der Waals surface area contributed by atoms with Gasteiger partial charge in [0.2, 0.25) is 0 Å². The van der Waals surface area contributed by atoms with E-state index >= 15 is 0 Å². The molecule has 1 aliphatic rings. The smallest absolute Gasteiger partial charge is 0.135 e. The number of halogens is 1. The van der Waals surface area contributed by atoms with Gasteiger partial charge in [-0.3, -0.25) is 0 Å². The van der Waals surface area contributed by atoms with Crippen LogP contribution in [-0.2, 0) is 6.42 Å². The van der Waals surface area contributed by atoms with Crippen molar-refractivity contribution in [1.82, 2.24) is 14.9 Å². The van der Waals surface area contributed by atoms with Crippen LogP contribution in [0, 0.1) is 5.92 Å². The summed E-state index contributed by atoms with van der Waals surface area (Å²) in [5.74, 6) is 2.42. The Morgan fingerprint density at radius 1 is 1.36 bits per heavy atom. The third kappa shape index (κ3) is 4.18. The Hall–Kier alpha value is -1.65. The van der Waals surface area contributed by atoms with E-state index in [-0.39, 0.29) is 0 Å². The van der Waals surface area contributed by atoms with Crippen LogP contribution in [0.25, 0.3) is 0 Å². The number of nitrogens with one attached hydrogen (secondary N) is 1. The van der Waals surface area contributed by atoms with E-state index in [0.717, 1.165) is 35.3 Å². The molecule has 0 amide bonds. The Kier molecular flexibility index (Phi) is 4.90. The van der Waals surface area contributed by atoms with Crippen molar-refractivity contribution in [3.8, 4) is 0 Å². The molecule has 1 aliphatic heterocycles. The van der Waals surface area contributed by atoms with E-state index in [2.05, 4.69) is 27.2 Å². The molecule has 0 aliphatic carbocycles. The molecular formula is C17H21ClN4. The minimum atomic E-state index is 0.697. The summed E-state index contributed by atoms with van der Waals surface area (Å²) in [6.45, 7) is 3.32. The summed E-state index contributed by atoms with van der Waals surface area (Å²) in [5.41, 5.74) is 1.13. The second-order valence-electron chi connectivity index (χ2n) is 5.96. The summed E-state index contributed by atoms with van der Waals surface area (Å²) in [7, 11) is 2.17. The van der Waals surface area contributed by atoms with Gasteiger partial charge in [0, 0.05) is 30.7 Å². The van der Waals surface area contributed by atoms with Gasteiger partial charge in [-0.15, -0.1) is 0 Å². The highest BCUT2D eigenvalue weighted by Gasteiger charge is 2.18. The molecule has 1 saturated heterocycles. The molecule has 2 aromatic rings. The molecule has 1 aromatic carbocycles. The molecule has 3 rings (SSSR count). The van der Waals surface area contributed by atoms with Crippen LogP contribution in [-0.4, -0.2) is 41.5 Å². The topological polar surface area (TPSA) is 41.0 Å². The van der Waals surface area contributed by atoms with Crippen molar-refractivity contribution in [3.63, 3.8) is 0 Å². The second kappa shape index (κ2) is 7.07. The largest absolute Gasteiger partial charge is 0.370 e. The van der Waals surface area contributed by atoms with E-state index in [1.54, 1.807) is 0 Å². The predicted molar refractivity (Wildman–Crippen MR) is 90.4 cm³/mol. The van der Waals surface area contributed by atoms with Gasteiger partial charge >= 0.3 is 0 Å². The maximum Gasteiger partial charge on any atom is 0.135 e. The normalized spacial score (nSPS) is 18.5. The maximum atomic E-state index is 6.02. The van der Waals surface area contributed by atoms with Gasteiger partial charge in [0.15, 0.2) is 0 Å². The third-order valence-corrected chi connectivity index (χ3v) is 4.25. The maximum absolute atomic E-state index is 6.02. The first-order valence-corrected chi connectivity index (χ1v) is 8.05. The lowest BCUT2D eigenvalue weighted by molar-refractivity contribution is 0.399. The zero-order valence-electron chi connectivity index (χ0n) is 12.8. The summed E-state index contributed by atoms with van der Waals surface area (Å²) < 4.78 is 0. The first-order chi connectivity index (χ1) is 10.7. The van der Waals surface area contributed by atoms with Crippen molar-refractivity contribution in [2.45, 2.75) is 12.8 Å². The highest BCUT2D eigenvalue weighted by atomic mass is 35.5. The summed E-state index contributed by atoms with van der Waals surface area (Å²) in [5, 5.41) is 4.19. The molecule has 4 nitrogen and oxygen atoms in total. The van der Waals surface area contributed by atoms with Crippen molar-refractivity contribution in [3.05, 3.63) is 52.9 Å². The Morgan fingerprint density at radius 2 is 2.27 bits per heavy atom. The van der Waals surface area contributed by atoms with E-state index in [1.165, 1.54) is 13.0 Å². The lowest BCUT2D eigenvalue weighted by Gasteiger charge is -2.12. The predicted octanol–water partition coefficient (Wildman–Crippen LogP) is 3.08. The van der Waals surface area contributed by atoms with Crippen LogP contribution in [0.1, 0.15) is 17.8 Å². The van der Waals surface area contributed by atoms with E-state index in [9.17, 15) is 0 Å². The molecule has 1 atom stereocenters. The Morgan fingerprint density at radius 3 is 3.05 bits per heavy atom. The van der Waals surface area contributed by atoms with Crippen LogP contribution in [0.2, 0.25) is 5.02 Å². The standard InChI is InChI=1S/C17H21ClN4/c1-22-8-6-14(12-22)11-20-16-5-7-19-17(21-16)10-13-3-2-4-15(18)9-13/h2-5,7,9,14H,6,8,10-12H2,1H3,(H,19,20,21)/t14-/m0/s1. The van der Waals surface area contributed by atoms with Crippen LogP contribution in [0.15, 0.2) is 36.5 Å². The molecule has 1 aromatic heterocycles. The van der Waals surface area contributed by atoms with Crippen LogP contribution in [0.3, 0.4) is 0 Å². The molecule has 0 spiro atoms. The molecular weight excluding hydrogens is 296 g/mol. The molecule has 5 heteroatoms. The first kappa shape index (κ1) is 15.3. The van der Waals surface area contributed by atoms with E-state index in [0.29, 0.717) is 12.3 Å². The Labute approximate surface area is 136 Å². The molecule has 0 radical (unpaired) electrons. The Bertz CT molecular complexity index is 632. The molecule has 116 valence electrons. The SMILES string of the molecule is CN1CC[C@@H](CNc2ccnc(Cc3cccc(Cl)c3)n2)C1. The number of aromatic nitrogens is 2. The number of hydrogen-bond acceptors (Lipinski definition) is 4. The quantitative estimate of drug-likeness (QED) is 0.920. The van der Waals surface area contributed by atoms with Crippen LogP contribution < -0.4 is 5.32 Å². The highest BCUT2D eigenvalue weighted by molar-refractivity contribution is 6.30. The van der Waals surface area contributed by atoms with Crippen LogP contribution in [0.5, 0.6) is 0 Å². The van der Waals surface area contributed by atoms with Crippen molar-refractivity contribution in [2.75, 3.05) is 32.0 Å². The second-order valence-corrected chi connectivity index (χ2v) is 6.40. The Balaban J connectivity index is 1.60. The number of anilines is 1. The van der Waals surface area contributed by atoms with E-state index < -0.39 is 0 Å². The zero-order valence-corrected chi connectivity index (χ0v) is 13.6. The number of likely N-dealkylation sites (tertiary alicyclic amines) is 1. The molecule has 0 bridgehead atoms. The summed E-state index contributed by atoms with van der Waals surface area (Å²) in [4.78, 5) is 11.3. The molecule has 1 fully saturated rings. The minimum absolute atomic E-state index is 0.697. The van der Waals surface area contributed by atoms with Gasteiger partial charge in [0.25, 0.3) is 0 Å². The van der Waals surface area contributed by atoms with Crippen LogP contribution >= 0.6 is 11.6 Å². The number of rotatable bonds is 5. The summed E-state index contributed by atoms with van der Waals surface area (Å²) in [6, 6.07) is 9.77. The number of nitrogens with zero attached hydrogens (tertiary/aromatic N) is 3. The van der Waals surface area contributed by atoms with Crippen LogP contribution in [0.4, 0.5) is 5.82 Å². The monoisotopic (exact) mass is 316 g/mol. The molecule has 1 N–H and O–H groups in total. The van der Waals surface area contributed by atoms with Crippen molar-refractivity contribution < 1.29 is 0 Å². The molecule has 2 heterocycles. The van der Waals surface area contributed by atoms with E-state index in [4.69, 9.17) is 11.6 Å².